The highest BCUT2D eigenvalue weighted by Crippen LogP contribution is 2.36. The quantitative estimate of drug-likeness (QED) is 0.894. The number of aromatic nitrogens is 1. The SMILES string of the molecule is O=c1ccc(-c2ccccc2)c2n1C[C@H]1C[C@@H]2C[NH+](C2CCOCC2)C1. The van der Waals surface area contributed by atoms with E-state index in [2.05, 4.69) is 34.9 Å². The molecule has 0 spiro atoms. The van der Waals surface area contributed by atoms with Gasteiger partial charge in [-0.1, -0.05) is 30.3 Å². The second kappa shape index (κ2) is 6.67. The summed E-state index contributed by atoms with van der Waals surface area (Å²) in [5.74, 6) is 1.12. The van der Waals surface area contributed by atoms with Crippen LogP contribution in [0.4, 0.5) is 0 Å². The molecule has 1 unspecified atom stereocenters. The molecule has 4 heterocycles. The number of nitrogens with zero attached hydrogens (tertiary/aromatic N) is 1. The lowest BCUT2D eigenvalue weighted by Crippen LogP contribution is -3.18. The van der Waals surface area contributed by atoms with Crippen LogP contribution in [-0.4, -0.2) is 36.9 Å². The van der Waals surface area contributed by atoms with E-state index in [1.807, 2.05) is 6.07 Å². The molecular formula is C22H27N2O2+. The first-order chi connectivity index (χ1) is 12.8. The first-order valence-electron chi connectivity index (χ1n) is 10.0. The van der Waals surface area contributed by atoms with Crippen LogP contribution in [0.15, 0.2) is 47.3 Å². The van der Waals surface area contributed by atoms with Crippen molar-refractivity contribution in [2.24, 2.45) is 5.92 Å². The number of pyridine rings is 1. The Hall–Kier alpha value is -1.91. The van der Waals surface area contributed by atoms with E-state index in [9.17, 15) is 4.79 Å². The standard InChI is InChI=1S/C22H26N2O2/c25-21-7-6-20(17-4-2-1-3-5-17)22-18-12-16(14-24(21)22)13-23(15-18)19-8-10-26-11-9-19/h1-7,16,18-19H,8-15H2/p+1/t16-,18+/m0/s1. The lowest BCUT2D eigenvalue weighted by molar-refractivity contribution is -0.937. The van der Waals surface area contributed by atoms with E-state index in [1.54, 1.807) is 11.0 Å². The number of benzene rings is 1. The first-order valence-corrected chi connectivity index (χ1v) is 10.0. The average Bonchev–Trinajstić information content (AvgIpc) is 2.70. The van der Waals surface area contributed by atoms with Gasteiger partial charge >= 0.3 is 0 Å². The minimum Gasteiger partial charge on any atom is -0.381 e. The van der Waals surface area contributed by atoms with Crippen LogP contribution in [0.25, 0.3) is 11.1 Å². The van der Waals surface area contributed by atoms with Gasteiger partial charge in [0.25, 0.3) is 5.56 Å². The van der Waals surface area contributed by atoms with Gasteiger partial charge in [0.05, 0.1) is 32.3 Å². The van der Waals surface area contributed by atoms with Crippen LogP contribution in [-0.2, 0) is 11.3 Å². The molecule has 0 amide bonds. The van der Waals surface area contributed by atoms with Crippen molar-refractivity contribution in [3.63, 3.8) is 0 Å². The van der Waals surface area contributed by atoms with Gasteiger partial charge in [-0.15, -0.1) is 0 Å². The lowest BCUT2D eigenvalue weighted by Gasteiger charge is -2.44. The number of hydrogen-bond acceptors (Lipinski definition) is 2. The number of likely N-dealkylation sites (tertiary alicyclic amines) is 1. The zero-order valence-corrected chi connectivity index (χ0v) is 15.2. The van der Waals surface area contributed by atoms with Crippen molar-refractivity contribution >= 4 is 0 Å². The third-order valence-electron chi connectivity index (χ3n) is 6.61. The van der Waals surface area contributed by atoms with Gasteiger partial charge in [0.2, 0.25) is 0 Å². The minimum absolute atomic E-state index is 0.170. The fourth-order valence-corrected chi connectivity index (χ4v) is 5.47. The second-order valence-corrected chi connectivity index (χ2v) is 8.20. The van der Waals surface area contributed by atoms with E-state index in [1.165, 1.54) is 42.6 Å². The maximum Gasteiger partial charge on any atom is 0.250 e. The van der Waals surface area contributed by atoms with Crippen molar-refractivity contribution in [3.05, 3.63) is 58.5 Å². The number of piperidine rings is 1. The molecule has 2 bridgehead atoms. The van der Waals surface area contributed by atoms with Crippen molar-refractivity contribution in [1.82, 2.24) is 4.57 Å². The zero-order chi connectivity index (χ0) is 17.5. The summed E-state index contributed by atoms with van der Waals surface area (Å²) >= 11 is 0. The van der Waals surface area contributed by atoms with Crippen LogP contribution in [0.1, 0.15) is 30.9 Å². The zero-order valence-electron chi connectivity index (χ0n) is 15.2. The summed E-state index contributed by atoms with van der Waals surface area (Å²) in [5, 5.41) is 0. The topological polar surface area (TPSA) is 35.7 Å². The number of quaternary nitrogens is 1. The van der Waals surface area contributed by atoms with Gasteiger partial charge in [-0.05, 0) is 18.1 Å². The number of rotatable bonds is 2. The molecular weight excluding hydrogens is 324 g/mol. The fourth-order valence-electron chi connectivity index (χ4n) is 5.47. The number of nitrogens with one attached hydrogen (secondary N) is 1. The Morgan fingerprint density at radius 1 is 1.00 bits per heavy atom. The number of ether oxygens (including phenoxy) is 1. The molecule has 2 fully saturated rings. The van der Waals surface area contributed by atoms with Crippen molar-refractivity contribution in [2.45, 2.75) is 37.8 Å². The summed E-state index contributed by atoms with van der Waals surface area (Å²) in [4.78, 5) is 14.3. The van der Waals surface area contributed by atoms with Crippen LogP contribution in [0.5, 0.6) is 0 Å². The molecule has 5 rings (SSSR count). The molecule has 0 saturated carbocycles. The Kier molecular flexibility index (Phi) is 4.18. The monoisotopic (exact) mass is 351 g/mol. The molecule has 1 N–H and O–H groups in total. The molecule has 1 aromatic carbocycles. The van der Waals surface area contributed by atoms with Gasteiger partial charge in [0, 0.05) is 48.5 Å². The second-order valence-electron chi connectivity index (χ2n) is 8.20. The Morgan fingerprint density at radius 2 is 1.81 bits per heavy atom. The molecule has 0 radical (unpaired) electrons. The van der Waals surface area contributed by atoms with E-state index in [4.69, 9.17) is 4.74 Å². The van der Waals surface area contributed by atoms with Gasteiger partial charge in [-0.25, -0.2) is 0 Å². The molecule has 3 aliphatic rings. The van der Waals surface area contributed by atoms with Gasteiger partial charge in [0.1, 0.15) is 0 Å². The molecule has 2 saturated heterocycles. The third-order valence-corrected chi connectivity index (χ3v) is 6.61. The van der Waals surface area contributed by atoms with Crippen LogP contribution in [0.3, 0.4) is 0 Å². The molecule has 4 nitrogen and oxygen atoms in total. The van der Waals surface area contributed by atoms with Gasteiger partial charge in [-0.3, -0.25) is 4.79 Å². The normalized spacial score (nSPS) is 28.5. The molecule has 4 heteroatoms. The minimum atomic E-state index is 0.170. The van der Waals surface area contributed by atoms with Crippen molar-refractivity contribution in [3.8, 4) is 11.1 Å². The maximum atomic E-state index is 12.6. The van der Waals surface area contributed by atoms with E-state index < -0.39 is 0 Å². The number of fused-ring (bicyclic) bond motifs is 4. The summed E-state index contributed by atoms with van der Waals surface area (Å²) < 4.78 is 7.66. The summed E-state index contributed by atoms with van der Waals surface area (Å²) in [5.41, 5.74) is 3.93. The van der Waals surface area contributed by atoms with Crippen LogP contribution in [0, 0.1) is 5.92 Å². The Morgan fingerprint density at radius 3 is 2.62 bits per heavy atom. The Labute approximate surface area is 154 Å². The first kappa shape index (κ1) is 16.3. The lowest BCUT2D eigenvalue weighted by atomic mass is 9.79. The molecule has 26 heavy (non-hydrogen) atoms. The predicted molar refractivity (Wildman–Crippen MR) is 102 cm³/mol. The van der Waals surface area contributed by atoms with E-state index in [-0.39, 0.29) is 5.56 Å². The van der Waals surface area contributed by atoms with Crippen LogP contribution < -0.4 is 10.5 Å². The molecule has 0 aliphatic carbocycles. The third kappa shape index (κ3) is 2.81. The molecule has 3 atom stereocenters. The summed E-state index contributed by atoms with van der Waals surface area (Å²) in [6.45, 7) is 5.08. The summed E-state index contributed by atoms with van der Waals surface area (Å²) in [7, 11) is 0. The predicted octanol–water partition coefficient (Wildman–Crippen LogP) is 1.70. The average molecular weight is 351 g/mol. The van der Waals surface area contributed by atoms with Crippen LogP contribution in [0.2, 0.25) is 0 Å². The highest BCUT2D eigenvalue weighted by Gasteiger charge is 2.41. The van der Waals surface area contributed by atoms with Crippen LogP contribution >= 0.6 is 0 Å². The van der Waals surface area contributed by atoms with Crippen molar-refractivity contribution in [2.75, 3.05) is 26.3 Å². The molecule has 2 aromatic rings. The summed E-state index contributed by atoms with van der Waals surface area (Å²) in [6.07, 6.45) is 3.60. The van der Waals surface area contributed by atoms with E-state index in [0.29, 0.717) is 11.8 Å². The highest BCUT2D eigenvalue weighted by atomic mass is 16.5. The molecule has 3 aliphatic heterocycles. The largest absolute Gasteiger partial charge is 0.381 e. The highest BCUT2D eigenvalue weighted by molar-refractivity contribution is 5.66. The van der Waals surface area contributed by atoms with Gasteiger partial charge in [0.15, 0.2) is 0 Å². The number of hydrogen-bond donors (Lipinski definition) is 1. The van der Waals surface area contributed by atoms with Crippen molar-refractivity contribution < 1.29 is 9.64 Å². The van der Waals surface area contributed by atoms with Gasteiger partial charge in [-0.2, -0.15) is 0 Å². The smallest absolute Gasteiger partial charge is 0.250 e. The fraction of sp³-hybridized carbons (Fsp3) is 0.500. The van der Waals surface area contributed by atoms with Crippen molar-refractivity contribution in [1.29, 1.82) is 0 Å². The summed E-state index contributed by atoms with van der Waals surface area (Å²) in [6, 6.07) is 15.1. The van der Waals surface area contributed by atoms with E-state index in [0.717, 1.165) is 32.3 Å². The molecule has 1 aromatic heterocycles. The van der Waals surface area contributed by atoms with Gasteiger partial charge < -0.3 is 14.2 Å². The Balaban J connectivity index is 1.54. The molecule has 136 valence electrons. The maximum absolute atomic E-state index is 12.6. The Bertz CT molecular complexity index is 839. The van der Waals surface area contributed by atoms with E-state index >= 15 is 0 Å².